The Balaban J connectivity index is 2.31. The lowest BCUT2D eigenvalue weighted by molar-refractivity contribution is 0.466. The lowest BCUT2D eigenvalue weighted by atomic mass is 10.1. The van der Waals surface area contributed by atoms with E-state index in [4.69, 9.17) is 4.42 Å². The number of hydrogen-bond acceptors (Lipinski definition) is 4. The number of hydrogen-bond donors (Lipinski definition) is 0. The first-order valence-electron chi connectivity index (χ1n) is 5.99. The quantitative estimate of drug-likeness (QED) is 0.669. The van der Waals surface area contributed by atoms with Crippen molar-refractivity contribution in [2.45, 2.75) is 20.8 Å². The van der Waals surface area contributed by atoms with E-state index in [2.05, 4.69) is 17.0 Å². The largest absolute Gasteiger partial charge is 0.408 e. The Labute approximate surface area is 109 Å². The fourth-order valence-corrected chi connectivity index (χ4v) is 2.00. The van der Waals surface area contributed by atoms with Gasteiger partial charge in [-0.05, 0) is 37.1 Å². The Bertz CT molecular complexity index is 830. The standard InChI is InChI=1S/C14H13N3O2/c1-8-4-5-11(6-9(8)2)17-13-12(7-15-17)14(18)19-10(3)16-13/h4-7H,1-3H3. The van der Waals surface area contributed by atoms with Crippen LogP contribution in [0.4, 0.5) is 0 Å². The minimum absolute atomic E-state index is 0.336. The summed E-state index contributed by atoms with van der Waals surface area (Å²) < 4.78 is 6.62. The molecule has 5 nitrogen and oxygen atoms in total. The van der Waals surface area contributed by atoms with E-state index in [9.17, 15) is 4.79 Å². The highest BCUT2D eigenvalue weighted by atomic mass is 16.4. The van der Waals surface area contributed by atoms with Gasteiger partial charge in [0.05, 0.1) is 11.9 Å². The molecular weight excluding hydrogens is 242 g/mol. The number of aryl methyl sites for hydroxylation is 3. The molecule has 0 spiro atoms. The first-order valence-corrected chi connectivity index (χ1v) is 5.99. The zero-order chi connectivity index (χ0) is 13.6. The predicted octanol–water partition coefficient (Wildman–Crippen LogP) is 2.30. The first-order chi connectivity index (χ1) is 9.06. The van der Waals surface area contributed by atoms with Crippen molar-refractivity contribution in [1.82, 2.24) is 14.8 Å². The molecule has 0 aliphatic rings. The van der Waals surface area contributed by atoms with Crippen LogP contribution in [0.1, 0.15) is 17.0 Å². The van der Waals surface area contributed by atoms with Gasteiger partial charge in [0, 0.05) is 6.92 Å². The van der Waals surface area contributed by atoms with Crippen LogP contribution >= 0.6 is 0 Å². The van der Waals surface area contributed by atoms with Crippen molar-refractivity contribution in [3.8, 4) is 5.69 Å². The maximum atomic E-state index is 11.7. The number of fused-ring (bicyclic) bond motifs is 1. The molecule has 0 fully saturated rings. The van der Waals surface area contributed by atoms with Gasteiger partial charge in [-0.2, -0.15) is 10.1 Å². The lowest BCUT2D eigenvalue weighted by Gasteiger charge is -2.06. The Hall–Kier alpha value is -2.43. The molecule has 1 aromatic carbocycles. The summed E-state index contributed by atoms with van der Waals surface area (Å²) >= 11 is 0. The monoisotopic (exact) mass is 255 g/mol. The van der Waals surface area contributed by atoms with E-state index in [-0.39, 0.29) is 0 Å². The van der Waals surface area contributed by atoms with E-state index in [1.807, 2.05) is 25.1 Å². The molecule has 0 saturated heterocycles. The molecule has 0 atom stereocenters. The molecule has 0 bridgehead atoms. The van der Waals surface area contributed by atoms with Crippen LogP contribution in [0.5, 0.6) is 0 Å². The van der Waals surface area contributed by atoms with Crippen molar-refractivity contribution in [3.05, 3.63) is 51.8 Å². The van der Waals surface area contributed by atoms with Crippen LogP contribution in [-0.4, -0.2) is 14.8 Å². The van der Waals surface area contributed by atoms with Crippen molar-refractivity contribution >= 4 is 11.0 Å². The summed E-state index contributed by atoms with van der Waals surface area (Å²) in [5, 5.41) is 4.62. The molecule has 0 aliphatic carbocycles. The van der Waals surface area contributed by atoms with E-state index >= 15 is 0 Å². The van der Waals surface area contributed by atoms with Crippen molar-refractivity contribution in [2.75, 3.05) is 0 Å². The molecule has 0 saturated carbocycles. The Morgan fingerprint density at radius 1 is 1.16 bits per heavy atom. The number of benzene rings is 1. The third kappa shape index (κ3) is 1.83. The second-order valence-electron chi connectivity index (χ2n) is 4.58. The van der Waals surface area contributed by atoms with Gasteiger partial charge in [0.25, 0.3) is 0 Å². The molecule has 0 N–H and O–H groups in total. The highest BCUT2D eigenvalue weighted by Gasteiger charge is 2.11. The van der Waals surface area contributed by atoms with E-state index < -0.39 is 5.63 Å². The third-order valence-corrected chi connectivity index (χ3v) is 3.20. The molecule has 0 aliphatic heterocycles. The molecule has 0 radical (unpaired) electrons. The van der Waals surface area contributed by atoms with Crippen molar-refractivity contribution in [1.29, 1.82) is 0 Å². The number of aromatic nitrogens is 3. The average molecular weight is 255 g/mol. The second kappa shape index (κ2) is 4.05. The maximum absolute atomic E-state index is 11.7. The van der Waals surface area contributed by atoms with Crippen molar-refractivity contribution in [3.63, 3.8) is 0 Å². The molecule has 19 heavy (non-hydrogen) atoms. The maximum Gasteiger partial charge on any atom is 0.350 e. The van der Waals surface area contributed by atoms with Gasteiger partial charge in [-0.3, -0.25) is 0 Å². The van der Waals surface area contributed by atoms with E-state index in [0.29, 0.717) is 16.9 Å². The van der Waals surface area contributed by atoms with Crippen LogP contribution in [0.2, 0.25) is 0 Å². The smallest absolute Gasteiger partial charge is 0.350 e. The molecule has 2 aromatic heterocycles. The topological polar surface area (TPSA) is 60.9 Å². The molecule has 3 rings (SSSR count). The molecule has 2 heterocycles. The van der Waals surface area contributed by atoms with Gasteiger partial charge in [0.1, 0.15) is 5.39 Å². The minimum Gasteiger partial charge on any atom is -0.408 e. The summed E-state index contributed by atoms with van der Waals surface area (Å²) in [7, 11) is 0. The van der Waals surface area contributed by atoms with Gasteiger partial charge in [-0.1, -0.05) is 6.07 Å². The van der Waals surface area contributed by atoms with Gasteiger partial charge in [0.15, 0.2) is 11.5 Å². The van der Waals surface area contributed by atoms with Crippen molar-refractivity contribution < 1.29 is 4.42 Å². The minimum atomic E-state index is -0.405. The van der Waals surface area contributed by atoms with Crippen LogP contribution in [-0.2, 0) is 0 Å². The normalized spacial score (nSPS) is 11.1. The summed E-state index contributed by atoms with van der Waals surface area (Å²) in [6, 6.07) is 6.00. The molecular formula is C14H13N3O2. The fraction of sp³-hybridized carbons (Fsp3) is 0.214. The first kappa shape index (κ1) is 11.6. The van der Waals surface area contributed by atoms with Crippen LogP contribution in [0.15, 0.2) is 33.6 Å². The summed E-state index contributed by atoms with van der Waals surface area (Å²) in [4.78, 5) is 16.0. The highest BCUT2D eigenvalue weighted by Crippen LogP contribution is 2.17. The molecule has 3 aromatic rings. The molecule has 0 unspecified atom stereocenters. The van der Waals surface area contributed by atoms with Crippen LogP contribution in [0.25, 0.3) is 16.7 Å². The van der Waals surface area contributed by atoms with E-state index in [1.165, 1.54) is 17.3 Å². The Morgan fingerprint density at radius 3 is 2.68 bits per heavy atom. The number of rotatable bonds is 1. The summed E-state index contributed by atoms with van der Waals surface area (Å²) in [5.41, 5.74) is 3.38. The molecule has 5 heteroatoms. The average Bonchev–Trinajstić information content (AvgIpc) is 2.76. The highest BCUT2D eigenvalue weighted by molar-refractivity contribution is 5.74. The second-order valence-corrected chi connectivity index (χ2v) is 4.58. The third-order valence-electron chi connectivity index (χ3n) is 3.20. The van der Waals surface area contributed by atoms with Gasteiger partial charge in [-0.25, -0.2) is 9.48 Å². The predicted molar refractivity (Wildman–Crippen MR) is 71.6 cm³/mol. The van der Waals surface area contributed by atoms with Gasteiger partial charge in [-0.15, -0.1) is 0 Å². The van der Waals surface area contributed by atoms with Gasteiger partial charge >= 0.3 is 5.63 Å². The number of nitrogens with zero attached hydrogens (tertiary/aromatic N) is 3. The molecule has 0 amide bonds. The lowest BCUT2D eigenvalue weighted by Crippen LogP contribution is -2.04. The zero-order valence-electron chi connectivity index (χ0n) is 11.0. The fourth-order valence-electron chi connectivity index (χ4n) is 2.00. The molecule has 96 valence electrons. The Kier molecular flexibility index (Phi) is 2.48. The van der Waals surface area contributed by atoms with Crippen LogP contribution < -0.4 is 5.63 Å². The summed E-state index contributed by atoms with van der Waals surface area (Å²) in [5.74, 6) is 0.336. The zero-order valence-corrected chi connectivity index (χ0v) is 11.0. The summed E-state index contributed by atoms with van der Waals surface area (Å²) in [6.45, 7) is 5.74. The van der Waals surface area contributed by atoms with Crippen molar-refractivity contribution in [2.24, 2.45) is 0 Å². The SMILES string of the molecule is Cc1nc2c(cnn2-c2ccc(C)c(C)c2)c(=O)o1. The van der Waals surface area contributed by atoms with Gasteiger partial charge < -0.3 is 4.42 Å². The summed E-state index contributed by atoms with van der Waals surface area (Å²) in [6.07, 6.45) is 1.49. The van der Waals surface area contributed by atoms with Crippen LogP contribution in [0.3, 0.4) is 0 Å². The van der Waals surface area contributed by atoms with Crippen LogP contribution in [0, 0.1) is 20.8 Å². The van der Waals surface area contributed by atoms with E-state index in [0.717, 1.165) is 5.69 Å². The van der Waals surface area contributed by atoms with Gasteiger partial charge in [0.2, 0.25) is 0 Å². The van der Waals surface area contributed by atoms with E-state index in [1.54, 1.807) is 11.6 Å². The Morgan fingerprint density at radius 2 is 1.95 bits per heavy atom.